The number of carbonyl (C=O) groups is 2. The zero-order valence-electron chi connectivity index (χ0n) is 7.96. The topological polar surface area (TPSA) is 49.4 Å². The summed E-state index contributed by atoms with van der Waals surface area (Å²) in [5.41, 5.74) is 0.108. The van der Waals surface area contributed by atoms with Crippen molar-refractivity contribution in [3.63, 3.8) is 0 Å². The predicted molar refractivity (Wildman–Crippen MR) is 47.0 cm³/mol. The van der Waals surface area contributed by atoms with Gasteiger partial charge in [0.2, 0.25) is 5.91 Å². The lowest BCUT2D eigenvalue weighted by Crippen LogP contribution is -2.54. The maximum Gasteiger partial charge on any atom is 0.324 e. The van der Waals surface area contributed by atoms with Crippen molar-refractivity contribution < 1.29 is 9.59 Å². The van der Waals surface area contributed by atoms with Crippen LogP contribution in [-0.2, 0) is 4.79 Å². The lowest BCUT2D eigenvalue weighted by Gasteiger charge is -2.47. The summed E-state index contributed by atoms with van der Waals surface area (Å²) in [4.78, 5) is 24.0. The molecule has 0 aromatic carbocycles. The fourth-order valence-electron chi connectivity index (χ4n) is 2.08. The Balaban J connectivity index is 2.16. The Morgan fingerprint density at radius 1 is 1.46 bits per heavy atom. The van der Waals surface area contributed by atoms with Crippen LogP contribution in [0.5, 0.6) is 0 Å². The molecule has 0 radical (unpaired) electrons. The molecule has 0 aromatic heterocycles. The molecule has 72 valence electrons. The molecule has 2 aliphatic rings. The van der Waals surface area contributed by atoms with E-state index in [9.17, 15) is 9.59 Å². The fourth-order valence-corrected chi connectivity index (χ4v) is 2.08. The molecule has 1 unspecified atom stereocenters. The van der Waals surface area contributed by atoms with E-state index in [-0.39, 0.29) is 29.9 Å². The Hall–Kier alpha value is -1.06. The first-order valence-corrected chi connectivity index (χ1v) is 4.62. The largest absolute Gasteiger partial charge is 0.329 e. The van der Waals surface area contributed by atoms with Gasteiger partial charge in [0.15, 0.2) is 0 Å². The SMILES string of the molecule is CC1(C)CCC1N1C(=O)CNC1=O. The molecule has 0 bridgehead atoms. The summed E-state index contributed by atoms with van der Waals surface area (Å²) in [6, 6.07) is -0.106. The van der Waals surface area contributed by atoms with Crippen molar-refractivity contribution in [2.45, 2.75) is 32.7 Å². The molecule has 1 saturated heterocycles. The first-order valence-electron chi connectivity index (χ1n) is 4.62. The highest BCUT2D eigenvalue weighted by Crippen LogP contribution is 2.43. The van der Waals surface area contributed by atoms with Crippen LogP contribution < -0.4 is 5.32 Å². The lowest BCUT2D eigenvalue weighted by atomic mass is 9.66. The highest BCUT2D eigenvalue weighted by Gasteiger charge is 2.48. The smallest absolute Gasteiger partial charge is 0.324 e. The third-order valence-corrected chi connectivity index (χ3v) is 3.15. The fraction of sp³-hybridized carbons (Fsp3) is 0.778. The van der Waals surface area contributed by atoms with Crippen LogP contribution in [0.3, 0.4) is 0 Å². The minimum atomic E-state index is -0.220. The Bertz CT molecular complexity index is 257. The number of hydrogen-bond donors (Lipinski definition) is 1. The van der Waals surface area contributed by atoms with Gasteiger partial charge < -0.3 is 5.32 Å². The number of carbonyl (C=O) groups excluding carboxylic acids is 2. The van der Waals surface area contributed by atoms with Gasteiger partial charge in [-0.15, -0.1) is 0 Å². The molecule has 2 rings (SSSR count). The summed E-state index contributed by atoms with van der Waals surface area (Å²) in [7, 11) is 0. The number of hydrogen-bond acceptors (Lipinski definition) is 2. The standard InChI is InChI=1S/C9H14N2O2/c1-9(2)4-3-6(9)11-7(12)5-10-8(11)13/h6H,3-5H2,1-2H3,(H,10,13). The van der Waals surface area contributed by atoms with Gasteiger partial charge in [-0.25, -0.2) is 4.79 Å². The van der Waals surface area contributed by atoms with Gasteiger partial charge >= 0.3 is 6.03 Å². The van der Waals surface area contributed by atoms with Crippen LogP contribution in [-0.4, -0.2) is 29.4 Å². The average Bonchev–Trinajstić information content (AvgIpc) is 2.34. The van der Waals surface area contributed by atoms with E-state index in [1.165, 1.54) is 4.90 Å². The quantitative estimate of drug-likeness (QED) is 0.608. The van der Waals surface area contributed by atoms with E-state index in [4.69, 9.17) is 0 Å². The minimum absolute atomic E-state index is 0.0808. The van der Waals surface area contributed by atoms with Crippen LogP contribution in [0.1, 0.15) is 26.7 Å². The van der Waals surface area contributed by atoms with Gasteiger partial charge in [0.05, 0.1) is 6.54 Å². The Labute approximate surface area is 77.3 Å². The van der Waals surface area contributed by atoms with E-state index >= 15 is 0 Å². The van der Waals surface area contributed by atoms with E-state index in [1.54, 1.807) is 0 Å². The van der Waals surface area contributed by atoms with E-state index in [1.807, 2.05) is 0 Å². The first kappa shape index (κ1) is 8.53. The molecule has 1 aliphatic carbocycles. The number of rotatable bonds is 1. The van der Waals surface area contributed by atoms with Crippen LogP contribution in [0, 0.1) is 5.41 Å². The zero-order chi connectivity index (χ0) is 9.64. The van der Waals surface area contributed by atoms with Gasteiger partial charge in [-0.3, -0.25) is 9.69 Å². The molecule has 3 amide bonds. The van der Waals surface area contributed by atoms with Gasteiger partial charge in [0.1, 0.15) is 0 Å². The molecule has 0 aromatic rings. The van der Waals surface area contributed by atoms with Gasteiger partial charge in [-0.2, -0.15) is 0 Å². The lowest BCUT2D eigenvalue weighted by molar-refractivity contribution is -0.131. The van der Waals surface area contributed by atoms with Crippen molar-refractivity contribution >= 4 is 11.9 Å². The summed E-state index contributed by atoms with van der Waals surface area (Å²) in [6.07, 6.45) is 2.04. The van der Waals surface area contributed by atoms with E-state index in [0.717, 1.165) is 12.8 Å². The van der Waals surface area contributed by atoms with Gasteiger partial charge in [-0.1, -0.05) is 13.8 Å². The van der Waals surface area contributed by atoms with Crippen molar-refractivity contribution in [1.82, 2.24) is 10.2 Å². The summed E-state index contributed by atoms with van der Waals surface area (Å²) in [5, 5.41) is 2.54. The van der Waals surface area contributed by atoms with Crippen molar-refractivity contribution in [3.8, 4) is 0 Å². The Kier molecular flexibility index (Phi) is 1.62. The van der Waals surface area contributed by atoms with Crippen molar-refractivity contribution in [2.75, 3.05) is 6.54 Å². The normalized spacial score (nSPS) is 31.5. The molecule has 1 aliphatic heterocycles. The molecular weight excluding hydrogens is 168 g/mol. The molecule has 1 saturated carbocycles. The number of imide groups is 1. The molecule has 0 spiro atoms. The monoisotopic (exact) mass is 182 g/mol. The van der Waals surface area contributed by atoms with Crippen molar-refractivity contribution in [3.05, 3.63) is 0 Å². The second kappa shape index (κ2) is 2.47. The Morgan fingerprint density at radius 2 is 2.15 bits per heavy atom. The maximum absolute atomic E-state index is 11.3. The molecule has 1 N–H and O–H groups in total. The molecule has 13 heavy (non-hydrogen) atoms. The Morgan fingerprint density at radius 3 is 2.46 bits per heavy atom. The second-order valence-corrected chi connectivity index (χ2v) is 4.47. The molecule has 4 nitrogen and oxygen atoms in total. The van der Waals surface area contributed by atoms with Gasteiger partial charge in [-0.05, 0) is 18.3 Å². The number of nitrogens with zero attached hydrogens (tertiary/aromatic N) is 1. The molecule has 1 atom stereocenters. The maximum atomic E-state index is 11.3. The summed E-state index contributed by atoms with van der Waals surface area (Å²) >= 11 is 0. The van der Waals surface area contributed by atoms with E-state index < -0.39 is 0 Å². The third-order valence-electron chi connectivity index (χ3n) is 3.15. The molecule has 1 heterocycles. The number of nitrogens with one attached hydrogen (secondary N) is 1. The van der Waals surface area contributed by atoms with E-state index in [2.05, 4.69) is 19.2 Å². The van der Waals surface area contributed by atoms with Crippen LogP contribution in [0.15, 0.2) is 0 Å². The summed E-state index contributed by atoms with van der Waals surface area (Å²) in [5.74, 6) is -0.0808. The second-order valence-electron chi connectivity index (χ2n) is 4.47. The summed E-state index contributed by atoms with van der Waals surface area (Å²) in [6.45, 7) is 4.37. The molecular formula is C9H14N2O2. The van der Waals surface area contributed by atoms with Crippen LogP contribution in [0.25, 0.3) is 0 Å². The van der Waals surface area contributed by atoms with Gasteiger partial charge in [0.25, 0.3) is 0 Å². The van der Waals surface area contributed by atoms with Crippen molar-refractivity contribution in [1.29, 1.82) is 0 Å². The van der Waals surface area contributed by atoms with E-state index in [0.29, 0.717) is 0 Å². The van der Waals surface area contributed by atoms with Crippen molar-refractivity contribution in [2.24, 2.45) is 5.41 Å². The zero-order valence-corrected chi connectivity index (χ0v) is 7.96. The predicted octanol–water partition coefficient (Wildman–Crippen LogP) is 0.727. The highest BCUT2D eigenvalue weighted by molar-refractivity contribution is 6.02. The molecule has 2 fully saturated rings. The third kappa shape index (κ3) is 1.12. The summed E-state index contributed by atoms with van der Waals surface area (Å²) < 4.78 is 0. The van der Waals surface area contributed by atoms with Crippen LogP contribution in [0.4, 0.5) is 4.79 Å². The first-order chi connectivity index (χ1) is 6.02. The number of amides is 3. The highest BCUT2D eigenvalue weighted by atomic mass is 16.2. The van der Waals surface area contributed by atoms with Gasteiger partial charge in [0, 0.05) is 6.04 Å². The molecule has 4 heteroatoms. The average molecular weight is 182 g/mol. The van der Waals surface area contributed by atoms with Crippen LogP contribution in [0.2, 0.25) is 0 Å². The minimum Gasteiger partial charge on any atom is -0.329 e. The number of urea groups is 1. The van der Waals surface area contributed by atoms with Crippen LogP contribution >= 0.6 is 0 Å².